The maximum atomic E-state index is 12.4. The molecule has 0 fully saturated rings. The van der Waals surface area contributed by atoms with Gasteiger partial charge in [-0.15, -0.1) is 0 Å². The lowest BCUT2D eigenvalue weighted by molar-refractivity contribution is -0.140. The first kappa shape index (κ1) is 20.8. The summed E-state index contributed by atoms with van der Waals surface area (Å²) in [6.45, 7) is 0.191. The van der Waals surface area contributed by atoms with E-state index >= 15 is 0 Å². The van der Waals surface area contributed by atoms with Gasteiger partial charge in [0, 0.05) is 24.7 Å². The SMILES string of the molecule is COC(=O)CCNC(=O)c1ccc2c(c1)nc(-c1ccc(C(=N)N)cc1OC)n2C. The second-order valence-electron chi connectivity index (χ2n) is 6.61. The Balaban J connectivity index is 1.92. The molecule has 9 heteroatoms. The molecule has 3 rings (SSSR count). The predicted molar refractivity (Wildman–Crippen MR) is 113 cm³/mol. The highest BCUT2D eigenvalue weighted by Crippen LogP contribution is 2.32. The van der Waals surface area contributed by atoms with Crippen molar-refractivity contribution in [2.45, 2.75) is 6.42 Å². The number of benzene rings is 2. The summed E-state index contributed by atoms with van der Waals surface area (Å²) in [6.07, 6.45) is 0.105. The number of amidine groups is 1. The van der Waals surface area contributed by atoms with E-state index in [1.54, 1.807) is 37.4 Å². The number of imidazole rings is 1. The van der Waals surface area contributed by atoms with Gasteiger partial charge >= 0.3 is 5.97 Å². The maximum Gasteiger partial charge on any atom is 0.307 e. The number of rotatable bonds is 7. The zero-order valence-electron chi connectivity index (χ0n) is 17.0. The Morgan fingerprint density at radius 3 is 2.57 bits per heavy atom. The quantitative estimate of drug-likeness (QED) is 0.310. The summed E-state index contributed by atoms with van der Waals surface area (Å²) in [5, 5.41) is 10.3. The van der Waals surface area contributed by atoms with E-state index in [0.717, 1.165) is 11.1 Å². The number of aryl methyl sites for hydroxylation is 1. The number of amides is 1. The highest BCUT2D eigenvalue weighted by Gasteiger charge is 2.17. The average Bonchev–Trinajstić information content (AvgIpc) is 3.08. The van der Waals surface area contributed by atoms with Gasteiger partial charge in [0.2, 0.25) is 0 Å². The lowest BCUT2D eigenvalue weighted by Gasteiger charge is -2.10. The Labute approximate surface area is 173 Å². The van der Waals surface area contributed by atoms with Crippen LogP contribution in [0.2, 0.25) is 0 Å². The summed E-state index contributed by atoms with van der Waals surface area (Å²) in [4.78, 5) is 28.2. The van der Waals surface area contributed by atoms with Gasteiger partial charge in [0.15, 0.2) is 0 Å². The summed E-state index contributed by atoms with van der Waals surface area (Å²) < 4.78 is 11.9. The van der Waals surface area contributed by atoms with Crippen molar-refractivity contribution in [3.63, 3.8) is 0 Å². The van der Waals surface area contributed by atoms with Crippen LogP contribution in [0.4, 0.5) is 0 Å². The van der Waals surface area contributed by atoms with Gasteiger partial charge in [0.1, 0.15) is 17.4 Å². The fourth-order valence-corrected chi connectivity index (χ4v) is 3.11. The van der Waals surface area contributed by atoms with Crippen LogP contribution in [0.1, 0.15) is 22.3 Å². The zero-order chi connectivity index (χ0) is 21.8. The molecule has 0 radical (unpaired) electrons. The molecule has 0 atom stereocenters. The molecule has 3 aromatic rings. The van der Waals surface area contributed by atoms with Crippen LogP contribution in [0.3, 0.4) is 0 Å². The van der Waals surface area contributed by atoms with E-state index in [4.69, 9.17) is 15.9 Å². The first-order valence-electron chi connectivity index (χ1n) is 9.20. The summed E-state index contributed by atoms with van der Waals surface area (Å²) in [5.74, 6) is 0.469. The van der Waals surface area contributed by atoms with Gasteiger partial charge in [0.05, 0.1) is 37.2 Å². The third-order valence-corrected chi connectivity index (χ3v) is 4.74. The molecule has 0 unspecified atom stereocenters. The van der Waals surface area contributed by atoms with Gasteiger partial charge in [-0.3, -0.25) is 15.0 Å². The van der Waals surface area contributed by atoms with Crippen molar-refractivity contribution < 1.29 is 19.1 Å². The summed E-state index contributed by atoms with van der Waals surface area (Å²) >= 11 is 0. The minimum absolute atomic E-state index is 0.0484. The minimum Gasteiger partial charge on any atom is -0.496 e. The topological polar surface area (TPSA) is 132 Å². The van der Waals surface area contributed by atoms with Crippen LogP contribution < -0.4 is 15.8 Å². The molecule has 0 spiro atoms. The molecule has 0 aliphatic heterocycles. The van der Waals surface area contributed by atoms with Crippen LogP contribution in [-0.2, 0) is 16.6 Å². The number of esters is 1. The number of nitrogens with one attached hydrogen (secondary N) is 2. The van der Waals surface area contributed by atoms with Crippen LogP contribution in [0.15, 0.2) is 36.4 Å². The standard InChI is InChI=1S/C21H23N5O4/c1-26-16-7-5-13(21(28)24-9-8-18(27)30-3)10-15(16)25-20(26)14-6-4-12(19(22)23)11-17(14)29-2/h4-7,10-11H,8-9H2,1-3H3,(H3,22,23)(H,24,28). The van der Waals surface area contributed by atoms with E-state index in [2.05, 4.69) is 15.0 Å². The highest BCUT2D eigenvalue weighted by atomic mass is 16.5. The molecule has 1 aromatic heterocycles. The molecule has 156 valence electrons. The number of carbonyl (C=O) groups is 2. The second-order valence-corrected chi connectivity index (χ2v) is 6.61. The second kappa shape index (κ2) is 8.64. The molecular weight excluding hydrogens is 386 g/mol. The van der Waals surface area contributed by atoms with Gasteiger partial charge < -0.3 is 25.1 Å². The van der Waals surface area contributed by atoms with Gasteiger partial charge in [-0.2, -0.15) is 0 Å². The molecule has 0 bridgehead atoms. The Bertz CT molecular complexity index is 1140. The van der Waals surface area contributed by atoms with E-state index in [-0.39, 0.29) is 30.7 Å². The van der Waals surface area contributed by atoms with Crippen molar-refractivity contribution in [3.8, 4) is 17.1 Å². The molecule has 1 heterocycles. The number of carbonyl (C=O) groups excluding carboxylic acids is 2. The van der Waals surface area contributed by atoms with Crippen molar-refractivity contribution in [1.82, 2.24) is 14.9 Å². The molecule has 4 N–H and O–H groups in total. The summed E-state index contributed by atoms with van der Waals surface area (Å²) in [5.41, 5.74) is 8.79. The number of fused-ring (bicyclic) bond motifs is 1. The third kappa shape index (κ3) is 4.09. The van der Waals surface area contributed by atoms with Gasteiger partial charge in [-0.25, -0.2) is 4.98 Å². The number of nitrogens with zero attached hydrogens (tertiary/aromatic N) is 2. The lowest BCUT2D eigenvalue weighted by atomic mass is 10.1. The van der Waals surface area contributed by atoms with Crippen molar-refractivity contribution >= 4 is 28.7 Å². The first-order chi connectivity index (χ1) is 14.3. The molecule has 9 nitrogen and oxygen atoms in total. The first-order valence-corrected chi connectivity index (χ1v) is 9.20. The molecule has 1 amide bonds. The number of hydrogen-bond acceptors (Lipinski definition) is 6. The largest absolute Gasteiger partial charge is 0.496 e. The van der Waals surface area contributed by atoms with E-state index in [1.807, 2.05) is 17.7 Å². The van der Waals surface area contributed by atoms with Crippen LogP contribution in [0.5, 0.6) is 5.75 Å². The Hall–Kier alpha value is -3.88. The monoisotopic (exact) mass is 409 g/mol. The molecule has 0 saturated heterocycles. The van der Waals surface area contributed by atoms with Crippen molar-refractivity contribution in [2.75, 3.05) is 20.8 Å². The zero-order valence-corrected chi connectivity index (χ0v) is 17.0. The highest BCUT2D eigenvalue weighted by molar-refractivity contribution is 5.98. The maximum absolute atomic E-state index is 12.4. The van der Waals surface area contributed by atoms with E-state index in [9.17, 15) is 9.59 Å². The lowest BCUT2D eigenvalue weighted by Crippen LogP contribution is -2.26. The van der Waals surface area contributed by atoms with Crippen LogP contribution >= 0.6 is 0 Å². The van der Waals surface area contributed by atoms with Crippen molar-refractivity contribution in [3.05, 3.63) is 47.5 Å². The van der Waals surface area contributed by atoms with Gasteiger partial charge in [-0.1, -0.05) is 6.07 Å². The van der Waals surface area contributed by atoms with Gasteiger partial charge in [0.25, 0.3) is 5.91 Å². The van der Waals surface area contributed by atoms with E-state index in [1.165, 1.54) is 7.11 Å². The van der Waals surface area contributed by atoms with Crippen LogP contribution in [0.25, 0.3) is 22.4 Å². The Kier molecular flexibility index (Phi) is 6.01. The molecule has 30 heavy (non-hydrogen) atoms. The van der Waals surface area contributed by atoms with Crippen LogP contribution in [-0.4, -0.2) is 48.0 Å². The van der Waals surface area contributed by atoms with E-state index < -0.39 is 0 Å². The van der Waals surface area contributed by atoms with Crippen molar-refractivity contribution in [1.29, 1.82) is 5.41 Å². The molecule has 0 aliphatic carbocycles. The number of aromatic nitrogens is 2. The van der Waals surface area contributed by atoms with Gasteiger partial charge in [-0.05, 0) is 30.3 Å². The number of hydrogen-bond donors (Lipinski definition) is 3. The number of ether oxygens (including phenoxy) is 2. The minimum atomic E-state index is -0.384. The fourth-order valence-electron chi connectivity index (χ4n) is 3.11. The predicted octanol–water partition coefficient (Wildman–Crippen LogP) is 1.83. The number of nitrogen functional groups attached to an aromatic ring is 1. The van der Waals surface area contributed by atoms with E-state index in [0.29, 0.717) is 28.2 Å². The molecule has 0 aliphatic rings. The third-order valence-electron chi connectivity index (χ3n) is 4.74. The van der Waals surface area contributed by atoms with Crippen molar-refractivity contribution in [2.24, 2.45) is 12.8 Å². The Morgan fingerprint density at radius 1 is 1.17 bits per heavy atom. The average molecular weight is 409 g/mol. The molecule has 2 aromatic carbocycles. The van der Waals surface area contributed by atoms with Crippen LogP contribution in [0, 0.1) is 5.41 Å². The molecular formula is C21H23N5O4. The number of methoxy groups -OCH3 is 2. The summed E-state index contributed by atoms with van der Waals surface area (Å²) in [6, 6.07) is 10.5. The Morgan fingerprint density at radius 2 is 1.90 bits per heavy atom. The number of nitrogens with two attached hydrogens (primary N) is 1. The summed E-state index contributed by atoms with van der Waals surface area (Å²) in [7, 11) is 4.72. The smallest absolute Gasteiger partial charge is 0.307 e. The fraction of sp³-hybridized carbons (Fsp3) is 0.238. The molecule has 0 saturated carbocycles. The normalized spacial score (nSPS) is 10.6.